The lowest BCUT2D eigenvalue weighted by molar-refractivity contribution is 0.0508. The van der Waals surface area contributed by atoms with Gasteiger partial charge in [-0.2, -0.15) is 4.52 Å². The zero-order valence-electron chi connectivity index (χ0n) is 18.2. The summed E-state index contributed by atoms with van der Waals surface area (Å²) in [6.45, 7) is 3.70. The summed E-state index contributed by atoms with van der Waals surface area (Å²) in [4.78, 5) is 15.3. The third-order valence-electron chi connectivity index (χ3n) is 5.93. The quantitative estimate of drug-likeness (QED) is 0.465. The summed E-state index contributed by atoms with van der Waals surface area (Å²) in [5, 5.41) is 13.4. The number of rotatable bonds is 6. The molecule has 4 aromatic rings. The van der Waals surface area contributed by atoms with Gasteiger partial charge < -0.3 is 14.4 Å². The molecule has 1 aliphatic rings. The molecule has 0 N–H and O–H groups in total. The molecule has 0 radical (unpaired) electrons. The topological polar surface area (TPSA) is 81.9 Å². The highest BCUT2D eigenvalue weighted by Gasteiger charge is 2.25. The number of amides is 1. The van der Waals surface area contributed by atoms with Crippen molar-refractivity contribution in [1.29, 1.82) is 0 Å². The van der Waals surface area contributed by atoms with Crippen molar-refractivity contribution in [3.8, 4) is 5.75 Å². The number of ether oxygens (including phenoxy) is 2. The first-order chi connectivity index (χ1) is 15.6. The molecule has 1 unspecified atom stereocenters. The number of nitrogens with zero attached hydrogens (tertiary/aromatic N) is 5. The SMILES string of the molecule is COc1ccc(C(=O)N(Cc2cc3cc(C)ccc3n3nnnc23)CC2CCCO2)cc1. The zero-order valence-corrected chi connectivity index (χ0v) is 18.2. The second kappa shape index (κ2) is 8.55. The van der Waals surface area contributed by atoms with E-state index in [1.807, 2.05) is 17.0 Å². The summed E-state index contributed by atoms with van der Waals surface area (Å²) >= 11 is 0. The van der Waals surface area contributed by atoms with Crippen LogP contribution < -0.4 is 4.74 Å². The van der Waals surface area contributed by atoms with Crippen LogP contribution in [0.2, 0.25) is 0 Å². The number of hydrogen-bond donors (Lipinski definition) is 0. The van der Waals surface area contributed by atoms with Crippen LogP contribution in [0.5, 0.6) is 5.75 Å². The number of aromatic nitrogens is 4. The Bertz CT molecular complexity index is 1260. The first-order valence-corrected chi connectivity index (χ1v) is 10.8. The maximum Gasteiger partial charge on any atom is 0.254 e. The molecule has 1 saturated heterocycles. The molecule has 0 spiro atoms. The Morgan fingerprint density at radius 2 is 2.06 bits per heavy atom. The molecule has 1 fully saturated rings. The van der Waals surface area contributed by atoms with Gasteiger partial charge in [-0.25, -0.2) is 0 Å². The predicted octanol–water partition coefficient (Wildman–Crippen LogP) is 3.42. The van der Waals surface area contributed by atoms with Gasteiger partial charge in [0.15, 0.2) is 5.65 Å². The van der Waals surface area contributed by atoms with Gasteiger partial charge in [0, 0.05) is 36.2 Å². The second-order valence-electron chi connectivity index (χ2n) is 8.20. The molecule has 0 saturated carbocycles. The van der Waals surface area contributed by atoms with Crippen LogP contribution in [0.25, 0.3) is 16.6 Å². The fourth-order valence-electron chi connectivity index (χ4n) is 4.28. The van der Waals surface area contributed by atoms with E-state index < -0.39 is 0 Å². The highest BCUT2D eigenvalue weighted by atomic mass is 16.5. The molecule has 32 heavy (non-hydrogen) atoms. The lowest BCUT2D eigenvalue weighted by atomic mass is 10.1. The van der Waals surface area contributed by atoms with Crippen molar-refractivity contribution in [2.24, 2.45) is 0 Å². The lowest BCUT2D eigenvalue weighted by Gasteiger charge is -2.26. The molecule has 2 aromatic carbocycles. The van der Waals surface area contributed by atoms with Gasteiger partial charge in [-0.1, -0.05) is 11.6 Å². The number of benzene rings is 2. The summed E-state index contributed by atoms with van der Waals surface area (Å²) in [6.07, 6.45) is 2.00. The number of pyridine rings is 1. The van der Waals surface area contributed by atoms with Crippen molar-refractivity contribution >= 4 is 22.5 Å². The Morgan fingerprint density at radius 1 is 1.22 bits per heavy atom. The van der Waals surface area contributed by atoms with Crippen LogP contribution >= 0.6 is 0 Å². The van der Waals surface area contributed by atoms with Gasteiger partial charge in [-0.15, -0.1) is 5.10 Å². The fraction of sp³-hybridized carbons (Fsp3) is 0.333. The van der Waals surface area contributed by atoms with E-state index in [0.29, 0.717) is 30.0 Å². The number of fused-ring (bicyclic) bond motifs is 3. The van der Waals surface area contributed by atoms with Crippen LogP contribution in [0, 0.1) is 6.92 Å². The van der Waals surface area contributed by atoms with Crippen LogP contribution in [0.15, 0.2) is 48.5 Å². The van der Waals surface area contributed by atoms with Gasteiger partial charge >= 0.3 is 0 Å². The van der Waals surface area contributed by atoms with Gasteiger partial charge in [0.2, 0.25) is 0 Å². The van der Waals surface area contributed by atoms with E-state index in [-0.39, 0.29) is 12.0 Å². The summed E-state index contributed by atoms with van der Waals surface area (Å²) < 4.78 is 12.8. The van der Waals surface area contributed by atoms with E-state index in [1.54, 1.807) is 35.9 Å². The number of carbonyl (C=O) groups is 1. The van der Waals surface area contributed by atoms with E-state index in [4.69, 9.17) is 9.47 Å². The van der Waals surface area contributed by atoms with Crippen molar-refractivity contribution in [2.45, 2.75) is 32.4 Å². The Kier molecular flexibility index (Phi) is 5.45. The lowest BCUT2D eigenvalue weighted by Crippen LogP contribution is -2.37. The number of tetrazole rings is 1. The minimum Gasteiger partial charge on any atom is -0.497 e. The highest BCUT2D eigenvalue weighted by molar-refractivity contribution is 5.94. The fourth-order valence-corrected chi connectivity index (χ4v) is 4.28. The summed E-state index contributed by atoms with van der Waals surface area (Å²) in [5.41, 5.74) is 4.25. The molecular weight excluding hydrogens is 406 g/mol. The van der Waals surface area contributed by atoms with E-state index in [0.717, 1.165) is 41.5 Å². The molecule has 8 nitrogen and oxygen atoms in total. The molecule has 1 aliphatic heterocycles. The van der Waals surface area contributed by atoms with Gasteiger partial charge in [-0.05, 0) is 72.7 Å². The van der Waals surface area contributed by atoms with Crippen LogP contribution in [-0.2, 0) is 11.3 Å². The van der Waals surface area contributed by atoms with Gasteiger partial charge in [0.25, 0.3) is 5.91 Å². The Hall–Kier alpha value is -3.52. The van der Waals surface area contributed by atoms with E-state index in [2.05, 4.69) is 34.6 Å². The summed E-state index contributed by atoms with van der Waals surface area (Å²) in [6, 6.07) is 15.4. The summed E-state index contributed by atoms with van der Waals surface area (Å²) in [7, 11) is 1.61. The standard InChI is InChI=1S/C24H25N5O3/c1-16-5-10-22-18(12-16)13-19(23-25-26-27-29(22)23)14-28(15-21-4-3-11-32-21)24(30)17-6-8-20(31-2)9-7-17/h5-10,12-13,21H,3-4,11,14-15H2,1-2H3. The van der Waals surface area contributed by atoms with Crippen LogP contribution in [0.4, 0.5) is 0 Å². The monoisotopic (exact) mass is 431 g/mol. The maximum absolute atomic E-state index is 13.5. The van der Waals surface area contributed by atoms with Gasteiger partial charge in [0.05, 0.1) is 18.7 Å². The number of methoxy groups -OCH3 is 1. The van der Waals surface area contributed by atoms with Crippen molar-refractivity contribution < 1.29 is 14.3 Å². The third kappa shape index (κ3) is 3.89. The Labute approximate surface area is 185 Å². The molecule has 1 amide bonds. The van der Waals surface area contributed by atoms with Crippen molar-refractivity contribution in [1.82, 2.24) is 24.9 Å². The molecule has 164 valence electrons. The van der Waals surface area contributed by atoms with Gasteiger partial charge in [-0.3, -0.25) is 4.79 Å². The Balaban J connectivity index is 1.53. The smallest absolute Gasteiger partial charge is 0.254 e. The van der Waals surface area contributed by atoms with Crippen molar-refractivity contribution in [3.63, 3.8) is 0 Å². The number of hydrogen-bond acceptors (Lipinski definition) is 6. The number of aryl methyl sites for hydroxylation is 1. The largest absolute Gasteiger partial charge is 0.497 e. The zero-order chi connectivity index (χ0) is 22.1. The molecule has 5 rings (SSSR count). The molecule has 3 heterocycles. The predicted molar refractivity (Wildman–Crippen MR) is 120 cm³/mol. The summed E-state index contributed by atoms with van der Waals surface area (Å²) in [5.74, 6) is 0.659. The first-order valence-electron chi connectivity index (χ1n) is 10.8. The average Bonchev–Trinajstić information content (AvgIpc) is 3.50. The second-order valence-corrected chi connectivity index (χ2v) is 8.20. The van der Waals surface area contributed by atoms with E-state index >= 15 is 0 Å². The minimum atomic E-state index is -0.0573. The van der Waals surface area contributed by atoms with E-state index in [9.17, 15) is 4.79 Å². The van der Waals surface area contributed by atoms with Crippen LogP contribution in [0.1, 0.15) is 34.3 Å². The van der Waals surface area contributed by atoms with Crippen LogP contribution in [0.3, 0.4) is 0 Å². The molecule has 2 aromatic heterocycles. The number of carbonyl (C=O) groups excluding carboxylic acids is 1. The van der Waals surface area contributed by atoms with Crippen molar-refractivity contribution in [2.75, 3.05) is 20.3 Å². The van der Waals surface area contributed by atoms with Crippen molar-refractivity contribution in [3.05, 3.63) is 65.2 Å². The molecule has 1 atom stereocenters. The maximum atomic E-state index is 13.5. The Morgan fingerprint density at radius 3 is 2.81 bits per heavy atom. The van der Waals surface area contributed by atoms with Gasteiger partial charge in [0.1, 0.15) is 5.75 Å². The minimum absolute atomic E-state index is 0.0342. The third-order valence-corrected chi connectivity index (χ3v) is 5.93. The first kappa shape index (κ1) is 20.4. The van der Waals surface area contributed by atoms with Crippen LogP contribution in [-0.4, -0.2) is 57.2 Å². The molecular formula is C24H25N5O3. The normalized spacial score (nSPS) is 16.0. The molecule has 0 bridgehead atoms. The highest BCUT2D eigenvalue weighted by Crippen LogP contribution is 2.24. The van der Waals surface area contributed by atoms with E-state index in [1.165, 1.54) is 0 Å². The molecule has 0 aliphatic carbocycles. The molecule has 8 heteroatoms. The average molecular weight is 431 g/mol.